The van der Waals surface area contributed by atoms with Crippen molar-refractivity contribution in [3.05, 3.63) is 53.7 Å². The fourth-order valence-electron chi connectivity index (χ4n) is 3.94. The van der Waals surface area contributed by atoms with Crippen LogP contribution < -0.4 is 15.5 Å². The van der Waals surface area contributed by atoms with Crippen LogP contribution in [0.4, 0.5) is 24.7 Å². The summed E-state index contributed by atoms with van der Waals surface area (Å²) in [7, 11) is 0. The Kier molecular flexibility index (Phi) is 5.36. The molecule has 30 heavy (non-hydrogen) atoms. The number of pyridine rings is 1. The Morgan fingerprint density at radius 1 is 1.13 bits per heavy atom. The molecular formula is C21H21F3N4O2. The number of rotatable bonds is 3. The number of halogens is 3. The van der Waals surface area contributed by atoms with Crippen LogP contribution in [0.2, 0.25) is 0 Å². The Balaban J connectivity index is 1.35. The zero-order valence-corrected chi connectivity index (χ0v) is 16.1. The van der Waals surface area contributed by atoms with Crippen molar-refractivity contribution in [1.29, 1.82) is 0 Å². The van der Waals surface area contributed by atoms with Gasteiger partial charge in [-0.15, -0.1) is 0 Å². The van der Waals surface area contributed by atoms with Gasteiger partial charge in [0, 0.05) is 37.4 Å². The van der Waals surface area contributed by atoms with Crippen LogP contribution in [0.3, 0.4) is 0 Å². The lowest BCUT2D eigenvalue weighted by Gasteiger charge is -2.34. The van der Waals surface area contributed by atoms with Crippen LogP contribution in [0.25, 0.3) is 0 Å². The topological polar surface area (TPSA) is 74.3 Å². The van der Waals surface area contributed by atoms with Gasteiger partial charge in [0.05, 0.1) is 11.5 Å². The molecule has 2 aromatic rings. The van der Waals surface area contributed by atoms with Crippen LogP contribution in [0.1, 0.15) is 36.3 Å². The number of hydrogen-bond donors (Lipinski definition) is 2. The van der Waals surface area contributed by atoms with Gasteiger partial charge in [0.15, 0.2) is 0 Å². The molecule has 9 heteroatoms. The number of para-hydroxylation sites is 1. The standard InChI is InChI=1S/C21H21F3N4O2/c22-21(23,24)13-5-6-18(25-12-13)28-9-7-14(8-10-28)26-20(30)16-11-19(29)27-17-4-2-1-3-15(16)17/h1-6,12,14,16H,7-11H2,(H,26,30)(H,27,29)/t16-/m1/s1. The Morgan fingerprint density at radius 2 is 1.87 bits per heavy atom. The number of carbonyl (C=O) groups is 2. The van der Waals surface area contributed by atoms with Gasteiger partial charge in [0.1, 0.15) is 5.82 Å². The van der Waals surface area contributed by atoms with Crippen LogP contribution in [0.15, 0.2) is 42.6 Å². The monoisotopic (exact) mass is 418 g/mol. The van der Waals surface area contributed by atoms with E-state index in [1.54, 1.807) is 6.07 Å². The zero-order valence-electron chi connectivity index (χ0n) is 16.1. The van der Waals surface area contributed by atoms with Crippen LogP contribution in [-0.4, -0.2) is 35.9 Å². The Labute approximate surface area is 171 Å². The number of alkyl halides is 3. The van der Waals surface area contributed by atoms with Gasteiger partial charge in [0.2, 0.25) is 11.8 Å². The number of aromatic nitrogens is 1. The highest BCUT2D eigenvalue weighted by molar-refractivity contribution is 6.01. The summed E-state index contributed by atoms with van der Waals surface area (Å²) in [6.45, 7) is 1.15. The minimum atomic E-state index is -4.41. The first-order chi connectivity index (χ1) is 14.3. The molecule has 0 radical (unpaired) electrons. The number of piperidine rings is 1. The maximum Gasteiger partial charge on any atom is 0.417 e. The second-order valence-electron chi connectivity index (χ2n) is 7.56. The van der Waals surface area contributed by atoms with Gasteiger partial charge in [-0.2, -0.15) is 13.2 Å². The molecule has 3 heterocycles. The van der Waals surface area contributed by atoms with E-state index in [1.165, 1.54) is 6.07 Å². The van der Waals surface area contributed by atoms with E-state index in [1.807, 2.05) is 23.1 Å². The first kappa shape index (κ1) is 20.2. The summed E-state index contributed by atoms with van der Waals surface area (Å²) >= 11 is 0. The minimum Gasteiger partial charge on any atom is -0.356 e. The van der Waals surface area contributed by atoms with E-state index < -0.39 is 17.7 Å². The Hall–Kier alpha value is -3.10. The summed E-state index contributed by atoms with van der Waals surface area (Å²) in [5.41, 5.74) is 0.697. The molecule has 1 atom stereocenters. The van der Waals surface area contributed by atoms with E-state index in [4.69, 9.17) is 0 Å². The number of anilines is 2. The molecule has 1 aromatic carbocycles. The second kappa shape index (κ2) is 7.97. The molecule has 0 saturated carbocycles. The third-order valence-corrected chi connectivity index (χ3v) is 5.56. The van der Waals surface area contributed by atoms with E-state index in [0.717, 1.165) is 17.8 Å². The Morgan fingerprint density at radius 3 is 2.53 bits per heavy atom. The maximum absolute atomic E-state index is 12.8. The fraction of sp³-hybridized carbons (Fsp3) is 0.381. The third-order valence-electron chi connectivity index (χ3n) is 5.56. The lowest BCUT2D eigenvalue weighted by molar-refractivity contribution is -0.137. The molecule has 1 saturated heterocycles. The van der Waals surface area contributed by atoms with Gasteiger partial charge >= 0.3 is 6.18 Å². The van der Waals surface area contributed by atoms with E-state index >= 15 is 0 Å². The van der Waals surface area contributed by atoms with E-state index in [0.29, 0.717) is 37.4 Å². The van der Waals surface area contributed by atoms with Crippen molar-refractivity contribution in [3.63, 3.8) is 0 Å². The van der Waals surface area contributed by atoms with Crippen molar-refractivity contribution < 1.29 is 22.8 Å². The SMILES string of the molecule is O=C1C[C@@H](C(=O)NC2CCN(c3ccc(C(F)(F)F)cn3)CC2)c2ccccc2N1. The number of carbonyl (C=O) groups excluding carboxylic acids is 2. The first-order valence-corrected chi connectivity index (χ1v) is 9.78. The number of nitrogens with zero attached hydrogens (tertiary/aromatic N) is 2. The van der Waals surface area contributed by atoms with Gasteiger partial charge in [-0.25, -0.2) is 4.98 Å². The Bertz CT molecular complexity index is 938. The van der Waals surface area contributed by atoms with Crippen molar-refractivity contribution in [1.82, 2.24) is 10.3 Å². The van der Waals surface area contributed by atoms with Gasteiger partial charge in [-0.3, -0.25) is 9.59 Å². The summed E-state index contributed by atoms with van der Waals surface area (Å²) in [6.07, 6.45) is -2.16. The fourth-order valence-corrected chi connectivity index (χ4v) is 3.94. The molecule has 2 amide bonds. The van der Waals surface area contributed by atoms with Gasteiger partial charge in [-0.1, -0.05) is 18.2 Å². The lowest BCUT2D eigenvalue weighted by Crippen LogP contribution is -2.47. The third kappa shape index (κ3) is 4.24. The van der Waals surface area contributed by atoms with E-state index in [2.05, 4.69) is 15.6 Å². The summed E-state index contributed by atoms with van der Waals surface area (Å²) in [6, 6.07) is 9.62. The molecule has 2 aliphatic heterocycles. The molecule has 1 aromatic heterocycles. The van der Waals surface area contributed by atoms with Crippen molar-refractivity contribution in [2.24, 2.45) is 0 Å². The first-order valence-electron chi connectivity index (χ1n) is 9.78. The maximum atomic E-state index is 12.8. The summed E-state index contributed by atoms with van der Waals surface area (Å²) in [5, 5.41) is 5.82. The lowest BCUT2D eigenvalue weighted by atomic mass is 9.89. The van der Waals surface area contributed by atoms with Crippen molar-refractivity contribution >= 4 is 23.3 Å². The van der Waals surface area contributed by atoms with E-state index in [-0.39, 0.29) is 24.3 Å². The normalized spacial score (nSPS) is 19.8. The highest BCUT2D eigenvalue weighted by Gasteiger charge is 2.33. The van der Waals surface area contributed by atoms with Gasteiger partial charge in [-0.05, 0) is 36.6 Å². The molecule has 4 rings (SSSR count). The highest BCUT2D eigenvalue weighted by Crippen LogP contribution is 2.33. The molecule has 158 valence electrons. The number of hydrogen-bond acceptors (Lipinski definition) is 4. The predicted molar refractivity (Wildman–Crippen MR) is 105 cm³/mol. The zero-order chi connectivity index (χ0) is 21.3. The summed E-state index contributed by atoms with van der Waals surface area (Å²) in [5.74, 6) is -0.393. The van der Waals surface area contributed by atoms with Crippen LogP contribution in [0.5, 0.6) is 0 Å². The molecule has 6 nitrogen and oxygen atoms in total. The average Bonchev–Trinajstić information content (AvgIpc) is 2.73. The largest absolute Gasteiger partial charge is 0.417 e. The summed E-state index contributed by atoms with van der Waals surface area (Å²) in [4.78, 5) is 30.6. The average molecular weight is 418 g/mol. The smallest absolute Gasteiger partial charge is 0.356 e. The molecule has 2 aliphatic rings. The van der Waals surface area contributed by atoms with Crippen molar-refractivity contribution in [3.8, 4) is 0 Å². The van der Waals surface area contributed by atoms with Crippen LogP contribution in [-0.2, 0) is 15.8 Å². The van der Waals surface area contributed by atoms with Crippen LogP contribution in [0, 0.1) is 0 Å². The minimum absolute atomic E-state index is 0.0552. The molecule has 1 fully saturated rings. The summed E-state index contributed by atoms with van der Waals surface area (Å²) < 4.78 is 38.1. The van der Waals surface area contributed by atoms with Crippen LogP contribution >= 0.6 is 0 Å². The van der Waals surface area contributed by atoms with Gasteiger partial charge < -0.3 is 15.5 Å². The molecule has 0 aliphatic carbocycles. The number of nitrogens with one attached hydrogen (secondary N) is 2. The van der Waals surface area contributed by atoms with Gasteiger partial charge in [0.25, 0.3) is 0 Å². The molecule has 0 bridgehead atoms. The van der Waals surface area contributed by atoms with E-state index in [9.17, 15) is 22.8 Å². The number of amides is 2. The molecule has 0 spiro atoms. The molecule has 2 N–H and O–H groups in total. The highest BCUT2D eigenvalue weighted by atomic mass is 19.4. The quantitative estimate of drug-likeness (QED) is 0.802. The van der Waals surface area contributed by atoms with Crippen molar-refractivity contribution in [2.75, 3.05) is 23.3 Å². The predicted octanol–water partition coefficient (Wildman–Crippen LogP) is 3.31. The number of benzene rings is 1. The van der Waals surface area contributed by atoms with Crippen molar-refractivity contribution in [2.45, 2.75) is 37.4 Å². The molecule has 0 unspecified atom stereocenters. The molecular weight excluding hydrogens is 397 g/mol. The number of fused-ring (bicyclic) bond motifs is 1. The second-order valence-corrected chi connectivity index (χ2v) is 7.56.